The normalized spacial score (nSPS) is 21.4. The van der Waals surface area contributed by atoms with Crippen LogP contribution < -0.4 is 16.5 Å². The van der Waals surface area contributed by atoms with Crippen LogP contribution in [0.25, 0.3) is 33.3 Å². The number of benzene rings is 3. The van der Waals surface area contributed by atoms with E-state index in [0.29, 0.717) is 43.7 Å². The number of β-amino-alcohol motifs (C(OH)–C–C–N with tert-alkyl or cyclic N) is 1. The summed E-state index contributed by atoms with van der Waals surface area (Å²) in [5, 5.41) is 16.9. The predicted octanol–water partition coefficient (Wildman–Crippen LogP) is 5.05. The van der Waals surface area contributed by atoms with Gasteiger partial charge >= 0.3 is 5.97 Å². The number of esters is 1. The molecule has 7 rings (SSSR count). The molecule has 3 aliphatic rings. The van der Waals surface area contributed by atoms with Crippen LogP contribution in [0.3, 0.4) is 0 Å². The first kappa shape index (κ1) is 48.9. The molecule has 4 aromatic rings. The Kier molecular flexibility index (Phi) is 14.6. The molecule has 3 aliphatic heterocycles. The number of aromatic nitrogens is 1. The van der Waals surface area contributed by atoms with Crippen LogP contribution in [0, 0.1) is 11.3 Å². The zero-order valence-electron chi connectivity index (χ0n) is 40.0. The molecule has 0 radical (unpaired) electrons. The SMILES string of the molecule is C=CC(=O)N1CCC(O)(C(=O)N(C)[C@H](C(=O)N[C@H]2Cc3cc(N)cc(c3)-c3ccc4c(c3)c(c(-c3ccccc3CCOC)n4CC)CC(C)(C)COC(=O)[C@@H]3CCCN(N3)C2=O)C(C)C)C1. The van der Waals surface area contributed by atoms with Crippen molar-refractivity contribution in [3.05, 3.63) is 90.0 Å². The van der Waals surface area contributed by atoms with E-state index in [1.54, 1.807) is 27.0 Å². The Hall–Kier alpha value is -6.03. The van der Waals surface area contributed by atoms with Gasteiger partial charge in [-0.15, -0.1) is 0 Å². The van der Waals surface area contributed by atoms with Crippen LogP contribution in [0.1, 0.15) is 70.6 Å². The molecule has 1 aromatic heterocycles. The van der Waals surface area contributed by atoms with Crippen LogP contribution in [-0.4, -0.2) is 125 Å². The van der Waals surface area contributed by atoms with Crippen LogP contribution in [-0.2, 0) is 59.3 Å². The molecule has 15 nitrogen and oxygen atoms in total. The molecule has 3 aromatic carbocycles. The average Bonchev–Trinajstić information content (AvgIpc) is 3.86. The fourth-order valence-corrected chi connectivity index (χ4v) is 10.2. The highest BCUT2D eigenvalue weighted by Gasteiger charge is 2.48. The molecular formula is C52H67N7O8. The summed E-state index contributed by atoms with van der Waals surface area (Å²) in [5.41, 5.74) is 15.9. The van der Waals surface area contributed by atoms with Crippen molar-refractivity contribution in [2.75, 3.05) is 52.7 Å². The lowest BCUT2D eigenvalue weighted by atomic mass is 9.83. The fraction of sp³-hybridized carbons (Fsp3) is 0.481. The topological polar surface area (TPSA) is 189 Å². The van der Waals surface area contributed by atoms with E-state index in [2.05, 4.69) is 85.1 Å². The summed E-state index contributed by atoms with van der Waals surface area (Å²) in [4.78, 5) is 72.2. The molecule has 4 amide bonds. The summed E-state index contributed by atoms with van der Waals surface area (Å²) in [6, 6.07) is 17.4. The predicted molar refractivity (Wildman–Crippen MR) is 258 cm³/mol. The number of hydrogen-bond donors (Lipinski definition) is 4. The minimum Gasteiger partial charge on any atom is -0.464 e. The molecule has 0 saturated carbocycles. The number of nitrogen functional groups attached to an aromatic ring is 1. The zero-order chi connectivity index (χ0) is 48.4. The summed E-state index contributed by atoms with van der Waals surface area (Å²) < 4.78 is 14.0. The van der Waals surface area contributed by atoms with Gasteiger partial charge in [-0.1, -0.05) is 70.7 Å². The number of likely N-dealkylation sites (tertiary alicyclic amines) is 1. The van der Waals surface area contributed by atoms with Crippen LogP contribution in [0.5, 0.6) is 0 Å². The number of methoxy groups -OCH3 is 1. The van der Waals surface area contributed by atoms with Crippen LogP contribution in [0.15, 0.2) is 73.3 Å². The lowest BCUT2D eigenvalue weighted by molar-refractivity contribution is -0.156. The van der Waals surface area contributed by atoms with Gasteiger partial charge in [0.2, 0.25) is 11.8 Å². The van der Waals surface area contributed by atoms with Crippen LogP contribution in [0.4, 0.5) is 5.69 Å². The number of hydrogen-bond acceptors (Lipinski definition) is 10. The van der Waals surface area contributed by atoms with Gasteiger partial charge in [-0.05, 0) is 96.7 Å². The second kappa shape index (κ2) is 20.1. The largest absolute Gasteiger partial charge is 0.464 e. The monoisotopic (exact) mass is 918 g/mol. The summed E-state index contributed by atoms with van der Waals surface area (Å²) in [7, 11) is 3.16. The van der Waals surface area contributed by atoms with E-state index in [9.17, 15) is 29.1 Å². The van der Waals surface area contributed by atoms with Gasteiger partial charge in [-0.2, -0.15) is 0 Å². The number of nitrogens with two attached hydrogens (primary N) is 1. The van der Waals surface area contributed by atoms with Crippen molar-refractivity contribution in [1.82, 2.24) is 30.1 Å². The number of carbonyl (C=O) groups excluding carboxylic acids is 5. The minimum absolute atomic E-state index is 0.00846. The van der Waals surface area contributed by atoms with E-state index >= 15 is 0 Å². The van der Waals surface area contributed by atoms with Gasteiger partial charge < -0.3 is 40.0 Å². The summed E-state index contributed by atoms with van der Waals surface area (Å²) in [6.45, 7) is 15.0. The molecule has 2 fully saturated rings. The molecule has 1 unspecified atom stereocenters. The lowest BCUT2D eigenvalue weighted by Gasteiger charge is -2.37. The molecule has 0 spiro atoms. The third-order valence-electron chi connectivity index (χ3n) is 13.5. The van der Waals surface area contributed by atoms with E-state index in [0.717, 1.165) is 51.3 Å². The molecule has 5 N–H and O–H groups in total. The van der Waals surface area contributed by atoms with E-state index in [1.165, 1.54) is 27.4 Å². The molecule has 358 valence electrons. The molecule has 15 heteroatoms. The minimum atomic E-state index is -1.91. The first-order valence-corrected chi connectivity index (χ1v) is 23.5. The number of anilines is 1. The first-order valence-electron chi connectivity index (χ1n) is 23.5. The molecular weight excluding hydrogens is 851 g/mol. The van der Waals surface area contributed by atoms with E-state index in [1.807, 2.05) is 12.1 Å². The maximum atomic E-state index is 14.8. The number of rotatable bonds is 11. The van der Waals surface area contributed by atoms with Gasteiger partial charge in [-0.3, -0.25) is 29.0 Å². The highest BCUT2D eigenvalue weighted by Crippen LogP contribution is 2.41. The molecule has 67 heavy (non-hydrogen) atoms. The Balaban J connectivity index is 1.31. The molecule has 6 bridgehead atoms. The number of cyclic esters (lactones) is 1. The van der Waals surface area contributed by atoms with Gasteiger partial charge in [0, 0.05) is 74.2 Å². The number of nitrogens with zero attached hydrogens (tertiary/aromatic N) is 4. The summed E-state index contributed by atoms with van der Waals surface area (Å²) in [5.74, 6) is -3.13. The Bertz CT molecular complexity index is 2550. The van der Waals surface area contributed by atoms with Crippen molar-refractivity contribution in [1.29, 1.82) is 0 Å². The molecule has 0 aliphatic carbocycles. The Morgan fingerprint density at radius 1 is 1.09 bits per heavy atom. The van der Waals surface area contributed by atoms with E-state index in [-0.39, 0.29) is 39.1 Å². The number of aliphatic hydroxyl groups is 1. The quantitative estimate of drug-likeness (QED) is 0.0902. The highest BCUT2D eigenvalue weighted by molar-refractivity contribution is 5.97. The second-order valence-electron chi connectivity index (χ2n) is 19.5. The smallest absolute Gasteiger partial charge is 0.324 e. The molecule has 4 heterocycles. The number of amides is 4. The third-order valence-corrected chi connectivity index (χ3v) is 13.5. The second-order valence-corrected chi connectivity index (χ2v) is 19.5. The maximum absolute atomic E-state index is 14.8. The van der Waals surface area contributed by atoms with Gasteiger partial charge in [0.15, 0.2) is 5.60 Å². The first-order chi connectivity index (χ1) is 31.9. The van der Waals surface area contributed by atoms with Crippen molar-refractivity contribution in [3.63, 3.8) is 0 Å². The van der Waals surface area contributed by atoms with Crippen molar-refractivity contribution in [3.8, 4) is 22.4 Å². The molecule has 4 atom stereocenters. The van der Waals surface area contributed by atoms with E-state index in [4.69, 9.17) is 15.2 Å². The number of hydrazine groups is 1. The Labute approximate surface area is 393 Å². The van der Waals surface area contributed by atoms with E-state index < -0.39 is 64.7 Å². The number of carbonyl (C=O) groups is 5. The lowest BCUT2D eigenvalue weighted by Crippen LogP contribution is -2.63. The van der Waals surface area contributed by atoms with Crippen molar-refractivity contribution in [2.24, 2.45) is 11.3 Å². The third kappa shape index (κ3) is 10.3. The highest BCUT2D eigenvalue weighted by atomic mass is 16.5. The van der Waals surface area contributed by atoms with Gasteiger partial charge in [0.1, 0.15) is 18.1 Å². The number of fused-ring (bicyclic) bond motifs is 6. The van der Waals surface area contributed by atoms with Crippen LogP contribution in [0.2, 0.25) is 0 Å². The van der Waals surface area contributed by atoms with Crippen molar-refractivity contribution < 1.29 is 38.6 Å². The van der Waals surface area contributed by atoms with Crippen molar-refractivity contribution >= 4 is 46.2 Å². The summed E-state index contributed by atoms with van der Waals surface area (Å²) >= 11 is 0. The van der Waals surface area contributed by atoms with Gasteiger partial charge in [0.05, 0.1) is 25.5 Å². The average molecular weight is 918 g/mol. The molecule has 2 saturated heterocycles. The number of nitrogens with one attached hydrogen (secondary N) is 2. The number of likely N-dealkylation sites (N-methyl/N-ethyl adjacent to an activating group) is 1. The van der Waals surface area contributed by atoms with Crippen molar-refractivity contribution in [2.45, 2.75) is 103 Å². The van der Waals surface area contributed by atoms with Gasteiger partial charge in [-0.25, -0.2) is 5.43 Å². The maximum Gasteiger partial charge on any atom is 0.324 e. The fourth-order valence-electron chi connectivity index (χ4n) is 10.2. The number of aryl methyl sites for hydroxylation is 1. The zero-order valence-corrected chi connectivity index (χ0v) is 40.0. The Morgan fingerprint density at radius 3 is 2.57 bits per heavy atom. The van der Waals surface area contributed by atoms with Crippen LogP contribution >= 0.6 is 0 Å². The number of ether oxygens (including phenoxy) is 2. The van der Waals surface area contributed by atoms with Gasteiger partial charge in [0.25, 0.3) is 11.8 Å². The summed E-state index contributed by atoms with van der Waals surface area (Å²) in [6.07, 6.45) is 3.42. The standard InChI is InChI=1S/C52H67N7O8/c1-9-44(60)57-22-20-52(65,30-57)50(64)56(7)45(32(3)4)47(61)54-42-26-33-24-36(27-37(53)25-33)35-17-18-43-39(28-35)40(46(58(43)10-2)38-15-12-11-14-34(38)19-23-66-8)29-51(5,6)31-67-49(63)41-16-13-21-59(55-41)48(42)62/h9,11-12,14-15,17-18,24-25,27-28,32,41-42,45,55,65H,1,10,13,16,19-23,26,29-31,53H2,2-8H3,(H,54,61)/t41-,42-,45-,52?/m0/s1. The Morgan fingerprint density at radius 2 is 1.85 bits per heavy atom.